The Bertz CT molecular complexity index is 707. The van der Waals surface area contributed by atoms with Gasteiger partial charge in [-0.1, -0.05) is 30.3 Å². The fourth-order valence-corrected chi connectivity index (χ4v) is 2.89. The number of anilines is 1. The predicted molar refractivity (Wildman–Crippen MR) is 90.6 cm³/mol. The number of nitrogens with two attached hydrogens (primary N) is 1. The van der Waals surface area contributed by atoms with Crippen molar-refractivity contribution in [3.05, 3.63) is 47.7 Å². The van der Waals surface area contributed by atoms with E-state index in [4.69, 9.17) is 10.5 Å². The number of hydrogen-bond acceptors (Lipinski definition) is 6. The molecule has 1 aromatic heterocycles. The first-order valence-corrected chi connectivity index (χ1v) is 7.89. The second-order valence-electron chi connectivity index (χ2n) is 5.83. The molecule has 1 aliphatic rings. The molecule has 3 rings (SSSR count). The van der Waals surface area contributed by atoms with Gasteiger partial charge in [-0.2, -0.15) is 4.98 Å². The second-order valence-corrected chi connectivity index (χ2v) is 5.83. The van der Waals surface area contributed by atoms with E-state index in [0.717, 1.165) is 26.1 Å². The molecule has 0 aliphatic carbocycles. The van der Waals surface area contributed by atoms with Crippen LogP contribution in [0.15, 0.2) is 36.5 Å². The Balaban J connectivity index is 1.58. The number of carbonyl (C=O) groups is 1. The Morgan fingerprint density at radius 1 is 1.42 bits per heavy atom. The number of aromatic nitrogens is 2. The van der Waals surface area contributed by atoms with Crippen molar-refractivity contribution >= 4 is 11.9 Å². The van der Waals surface area contributed by atoms with Gasteiger partial charge in [-0.3, -0.25) is 9.69 Å². The van der Waals surface area contributed by atoms with Crippen LogP contribution >= 0.6 is 0 Å². The molecule has 0 bridgehead atoms. The highest BCUT2D eigenvalue weighted by Gasteiger charge is 2.25. The minimum Gasteiger partial charge on any atom is -0.480 e. The normalized spacial score (nSPS) is 17.6. The summed E-state index contributed by atoms with van der Waals surface area (Å²) in [4.78, 5) is 22.6. The number of ether oxygens (including phenoxy) is 1. The maximum Gasteiger partial charge on any atom is 0.258 e. The van der Waals surface area contributed by atoms with E-state index < -0.39 is 0 Å². The number of rotatable bonds is 5. The molecule has 2 heterocycles. The quantitative estimate of drug-likeness (QED) is 0.853. The molecular weight excluding hydrogens is 306 g/mol. The van der Waals surface area contributed by atoms with Crippen LogP contribution in [0.3, 0.4) is 0 Å². The molecular formula is C17H21N5O2. The maximum absolute atomic E-state index is 12.4. The van der Waals surface area contributed by atoms with E-state index in [2.05, 4.69) is 32.3 Å². The first-order chi connectivity index (χ1) is 11.7. The summed E-state index contributed by atoms with van der Waals surface area (Å²) in [5.74, 6) is 0.0378. The number of benzene rings is 1. The molecule has 3 N–H and O–H groups in total. The third-order valence-corrected chi connectivity index (χ3v) is 4.07. The number of likely N-dealkylation sites (tertiary alicyclic amines) is 1. The minimum absolute atomic E-state index is 0.0818. The van der Waals surface area contributed by atoms with Crippen LogP contribution < -0.4 is 15.8 Å². The molecule has 1 amide bonds. The highest BCUT2D eigenvalue weighted by molar-refractivity contribution is 5.96. The summed E-state index contributed by atoms with van der Waals surface area (Å²) in [5.41, 5.74) is 7.09. The molecule has 0 radical (unpaired) electrons. The highest BCUT2D eigenvalue weighted by atomic mass is 16.5. The third kappa shape index (κ3) is 3.80. The van der Waals surface area contributed by atoms with Crippen molar-refractivity contribution in [2.45, 2.75) is 19.0 Å². The van der Waals surface area contributed by atoms with Crippen molar-refractivity contribution in [1.29, 1.82) is 0 Å². The Labute approximate surface area is 140 Å². The van der Waals surface area contributed by atoms with Crippen LogP contribution in [0.4, 0.5) is 5.95 Å². The lowest BCUT2D eigenvalue weighted by Gasteiger charge is -2.17. The lowest BCUT2D eigenvalue weighted by atomic mass is 10.2. The molecule has 7 nitrogen and oxygen atoms in total. The summed E-state index contributed by atoms with van der Waals surface area (Å²) in [5, 5.41) is 3.02. The molecule has 126 valence electrons. The molecule has 1 saturated heterocycles. The van der Waals surface area contributed by atoms with Gasteiger partial charge in [0.2, 0.25) is 11.8 Å². The zero-order valence-corrected chi connectivity index (χ0v) is 13.6. The molecule has 0 saturated carbocycles. The van der Waals surface area contributed by atoms with Crippen LogP contribution in [0.25, 0.3) is 0 Å². The molecule has 1 aliphatic heterocycles. The van der Waals surface area contributed by atoms with Crippen molar-refractivity contribution in [3.8, 4) is 5.88 Å². The fraction of sp³-hybridized carbons (Fsp3) is 0.353. The molecule has 1 fully saturated rings. The summed E-state index contributed by atoms with van der Waals surface area (Å²) in [6.07, 6.45) is 2.31. The van der Waals surface area contributed by atoms with Gasteiger partial charge in [0.25, 0.3) is 5.91 Å². The summed E-state index contributed by atoms with van der Waals surface area (Å²) in [7, 11) is 1.45. The predicted octanol–water partition coefficient (Wildman–Crippen LogP) is 1.07. The topological polar surface area (TPSA) is 93.4 Å². The van der Waals surface area contributed by atoms with Gasteiger partial charge in [0.15, 0.2) is 0 Å². The molecule has 1 atom stereocenters. The zero-order valence-electron chi connectivity index (χ0n) is 13.6. The Hall–Kier alpha value is -2.67. The summed E-state index contributed by atoms with van der Waals surface area (Å²) in [6, 6.07) is 10.4. The van der Waals surface area contributed by atoms with Gasteiger partial charge in [0.1, 0.15) is 5.56 Å². The van der Waals surface area contributed by atoms with Crippen molar-refractivity contribution < 1.29 is 9.53 Å². The number of methoxy groups -OCH3 is 1. The van der Waals surface area contributed by atoms with E-state index in [1.54, 1.807) is 0 Å². The average molecular weight is 327 g/mol. The highest BCUT2D eigenvalue weighted by Crippen LogP contribution is 2.17. The summed E-state index contributed by atoms with van der Waals surface area (Å²) < 4.78 is 5.11. The first-order valence-electron chi connectivity index (χ1n) is 7.89. The van der Waals surface area contributed by atoms with Crippen molar-refractivity contribution in [1.82, 2.24) is 20.2 Å². The van der Waals surface area contributed by atoms with Crippen LogP contribution in [0.1, 0.15) is 22.3 Å². The van der Waals surface area contributed by atoms with Crippen molar-refractivity contribution in [2.75, 3.05) is 25.9 Å². The monoisotopic (exact) mass is 327 g/mol. The molecule has 7 heteroatoms. The molecule has 0 unspecified atom stereocenters. The Morgan fingerprint density at radius 2 is 2.21 bits per heavy atom. The van der Waals surface area contributed by atoms with Gasteiger partial charge in [-0.05, 0) is 12.0 Å². The van der Waals surface area contributed by atoms with E-state index in [1.807, 2.05) is 18.2 Å². The standard InChI is InChI=1S/C17H21N5O2/c1-24-16-14(9-19-17(18)21-16)15(23)20-13-7-8-22(11-13)10-12-5-3-2-4-6-12/h2-6,9,13H,7-8,10-11H2,1H3,(H,20,23)(H2,18,19,21)/t13-/m1/s1. The smallest absolute Gasteiger partial charge is 0.258 e. The minimum atomic E-state index is -0.238. The number of carbonyl (C=O) groups excluding carboxylic acids is 1. The second kappa shape index (κ2) is 7.27. The lowest BCUT2D eigenvalue weighted by Crippen LogP contribution is -2.37. The maximum atomic E-state index is 12.4. The van der Waals surface area contributed by atoms with E-state index in [9.17, 15) is 4.79 Å². The van der Waals surface area contributed by atoms with Crippen LogP contribution in [0.5, 0.6) is 5.88 Å². The zero-order chi connectivity index (χ0) is 16.9. The number of nitrogens with one attached hydrogen (secondary N) is 1. The van der Waals surface area contributed by atoms with Crippen LogP contribution in [-0.4, -0.2) is 47.0 Å². The first kappa shape index (κ1) is 16.2. The lowest BCUT2D eigenvalue weighted by molar-refractivity contribution is 0.0933. The van der Waals surface area contributed by atoms with E-state index in [-0.39, 0.29) is 23.8 Å². The Kier molecular flexibility index (Phi) is 4.90. The average Bonchev–Trinajstić information content (AvgIpc) is 3.02. The molecule has 24 heavy (non-hydrogen) atoms. The van der Waals surface area contributed by atoms with Crippen LogP contribution in [-0.2, 0) is 6.54 Å². The van der Waals surface area contributed by atoms with Gasteiger partial charge in [-0.15, -0.1) is 0 Å². The van der Waals surface area contributed by atoms with Gasteiger partial charge in [-0.25, -0.2) is 4.98 Å². The van der Waals surface area contributed by atoms with Gasteiger partial charge in [0.05, 0.1) is 7.11 Å². The Morgan fingerprint density at radius 3 is 2.96 bits per heavy atom. The van der Waals surface area contributed by atoms with Crippen molar-refractivity contribution in [2.24, 2.45) is 0 Å². The number of nitrogens with zero attached hydrogens (tertiary/aromatic N) is 3. The van der Waals surface area contributed by atoms with Gasteiger partial charge >= 0.3 is 0 Å². The molecule has 1 aromatic carbocycles. The fourth-order valence-electron chi connectivity index (χ4n) is 2.89. The number of nitrogen functional groups attached to an aromatic ring is 1. The van der Waals surface area contributed by atoms with Crippen LogP contribution in [0, 0.1) is 0 Å². The molecule has 0 spiro atoms. The third-order valence-electron chi connectivity index (χ3n) is 4.07. The SMILES string of the molecule is COc1nc(N)ncc1C(=O)N[C@@H]1CCN(Cc2ccccc2)C1. The van der Waals surface area contributed by atoms with E-state index >= 15 is 0 Å². The van der Waals surface area contributed by atoms with Crippen molar-refractivity contribution in [3.63, 3.8) is 0 Å². The summed E-state index contributed by atoms with van der Waals surface area (Å²) in [6.45, 7) is 2.66. The molecule has 2 aromatic rings. The largest absolute Gasteiger partial charge is 0.480 e. The van der Waals surface area contributed by atoms with Gasteiger partial charge < -0.3 is 15.8 Å². The summed E-state index contributed by atoms with van der Waals surface area (Å²) >= 11 is 0. The van der Waals surface area contributed by atoms with E-state index in [0.29, 0.717) is 5.56 Å². The number of hydrogen-bond donors (Lipinski definition) is 2. The number of amides is 1. The van der Waals surface area contributed by atoms with E-state index in [1.165, 1.54) is 18.9 Å². The van der Waals surface area contributed by atoms with Crippen LogP contribution in [0.2, 0.25) is 0 Å². The van der Waals surface area contributed by atoms with Gasteiger partial charge in [0, 0.05) is 31.9 Å².